The number of alkyl halides is 1. The van der Waals surface area contributed by atoms with Crippen LogP contribution < -0.4 is 0 Å². The van der Waals surface area contributed by atoms with Crippen molar-refractivity contribution in [2.75, 3.05) is 7.11 Å². The molecule has 0 fully saturated rings. The summed E-state index contributed by atoms with van der Waals surface area (Å²) in [4.78, 5) is 11.4. The zero-order chi connectivity index (χ0) is 12.3. The van der Waals surface area contributed by atoms with Crippen LogP contribution in [-0.2, 0) is 10.1 Å². The first-order valence-electron chi connectivity index (χ1n) is 5.04. The molecule has 0 N–H and O–H groups in total. The maximum absolute atomic E-state index is 11.4. The number of esters is 1. The lowest BCUT2D eigenvalue weighted by Gasteiger charge is -2.03. The summed E-state index contributed by atoms with van der Waals surface area (Å²) in [5.74, 6) is -0.347. The number of hydrogen-bond acceptors (Lipinski definition) is 3. The summed E-state index contributed by atoms with van der Waals surface area (Å²) >= 11 is 3.34. The van der Waals surface area contributed by atoms with E-state index in [1.54, 1.807) is 22.9 Å². The Labute approximate surface area is 107 Å². The first kappa shape index (κ1) is 11.9. The van der Waals surface area contributed by atoms with Gasteiger partial charge in [0.1, 0.15) is 0 Å². The minimum absolute atomic E-state index is 0.347. The van der Waals surface area contributed by atoms with Gasteiger partial charge in [-0.3, -0.25) is 0 Å². The highest BCUT2D eigenvalue weighted by molar-refractivity contribution is 9.08. The van der Waals surface area contributed by atoms with Crippen LogP contribution in [0.4, 0.5) is 0 Å². The van der Waals surface area contributed by atoms with E-state index in [1.807, 2.05) is 18.3 Å². The Morgan fingerprint density at radius 3 is 2.94 bits per heavy atom. The van der Waals surface area contributed by atoms with E-state index in [0.717, 1.165) is 11.4 Å². The lowest BCUT2D eigenvalue weighted by atomic mass is 10.2. The Morgan fingerprint density at radius 1 is 1.47 bits per heavy atom. The molecule has 0 atom stereocenters. The van der Waals surface area contributed by atoms with Gasteiger partial charge in [-0.1, -0.05) is 22.0 Å². The van der Waals surface area contributed by atoms with E-state index in [2.05, 4.69) is 25.8 Å². The molecule has 2 aromatic rings. The van der Waals surface area contributed by atoms with E-state index >= 15 is 0 Å². The van der Waals surface area contributed by atoms with Crippen LogP contribution in [0.2, 0.25) is 0 Å². The summed E-state index contributed by atoms with van der Waals surface area (Å²) in [6.07, 6.45) is 1.85. The highest BCUT2D eigenvalue weighted by Crippen LogP contribution is 2.12. The van der Waals surface area contributed by atoms with Gasteiger partial charge in [-0.05, 0) is 24.3 Å². The maximum atomic E-state index is 11.4. The van der Waals surface area contributed by atoms with Gasteiger partial charge in [-0.15, -0.1) is 0 Å². The maximum Gasteiger partial charge on any atom is 0.337 e. The van der Waals surface area contributed by atoms with Crippen LogP contribution in [0.5, 0.6) is 0 Å². The van der Waals surface area contributed by atoms with E-state index in [4.69, 9.17) is 0 Å². The van der Waals surface area contributed by atoms with Crippen LogP contribution in [0, 0.1) is 0 Å². The van der Waals surface area contributed by atoms with Gasteiger partial charge in [-0.25, -0.2) is 9.48 Å². The van der Waals surface area contributed by atoms with Gasteiger partial charge in [0, 0.05) is 11.5 Å². The van der Waals surface area contributed by atoms with Crippen LogP contribution in [-0.4, -0.2) is 22.9 Å². The van der Waals surface area contributed by atoms with Gasteiger partial charge in [0.15, 0.2) is 0 Å². The molecule has 2 rings (SSSR count). The Bertz CT molecular complexity index is 537. The molecule has 0 aliphatic carbocycles. The number of carbonyl (C=O) groups is 1. The molecule has 17 heavy (non-hydrogen) atoms. The van der Waals surface area contributed by atoms with Crippen LogP contribution in [0.3, 0.4) is 0 Å². The first-order valence-corrected chi connectivity index (χ1v) is 6.16. The molecule has 0 unspecified atom stereocenters. The van der Waals surface area contributed by atoms with Crippen molar-refractivity contribution in [2.45, 2.75) is 5.33 Å². The number of benzene rings is 1. The third-order valence-corrected chi connectivity index (χ3v) is 2.89. The van der Waals surface area contributed by atoms with Crippen LogP contribution >= 0.6 is 15.9 Å². The van der Waals surface area contributed by atoms with E-state index in [-0.39, 0.29) is 5.97 Å². The Kier molecular flexibility index (Phi) is 3.58. The van der Waals surface area contributed by atoms with Crippen molar-refractivity contribution < 1.29 is 9.53 Å². The van der Waals surface area contributed by atoms with Crippen LogP contribution in [0.1, 0.15) is 16.1 Å². The zero-order valence-electron chi connectivity index (χ0n) is 9.26. The number of ether oxygens (including phenoxy) is 1. The minimum Gasteiger partial charge on any atom is -0.465 e. The summed E-state index contributed by atoms with van der Waals surface area (Å²) in [7, 11) is 1.37. The molecule has 1 aromatic carbocycles. The number of methoxy groups -OCH3 is 1. The molecule has 0 bridgehead atoms. The molecule has 5 heteroatoms. The zero-order valence-corrected chi connectivity index (χ0v) is 10.8. The first-order chi connectivity index (χ1) is 8.24. The predicted octanol–water partition coefficient (Wildman–Crippen LogP) is 2.55. The number of nitrogens with zero attached hydrogens (tertiary/aromatic N) is 2. The Morgan fingerprint density at radius 2 is 2.29 bits per heavy atom. The van der Waals surface area contributed by atoms with Crippen LogP contribution in [0.25, 0.3) is 5.69 Å². The fourth-order valence-corrected chi connectivity index (χ4v) is 1.77. The van der Waals surface area contributed by atoms with Crippen molar-refractivity contribution in [1.29, 1.82) is 0 Å². The second-order valence-electron chi connectivity index (χ2n) is 3.43. The predicted molar refractivity (Wildman–Crippen MR) is 67.5 cm³/mol. The lowest BCUT2D eigenvalue weighted by Crippen LogP contribution is -2.03. The summed E-state index contributed by atoms with van der Waals surface area (Å²) in [6, 6.07) is 9.06. The fraction of sp³-hybridized carbons (Fsp3) is 0.167. The highest BCUT2D eigenvalue weighted by atomic mass is 79.9. The molecule has 0 saturated carbocycles. The molecule has 88 valence electrons. The minimum atomic E-state index is -0.347. The lowest BCUT2D eigenvalue weighted by molar-refractivity contribution is 0.0600. The molecular weight excluding hydrogens is 284 g/mol. The average molecular weight is 295 g/mol. The second-order valence-corrected chi connectivity index (χ2v) is 3.99. The largest absolute Gasteiger partial charge is 0.465 e. The SMILES string of the molecule is COC(=O)c1cccc(-n2ccc(CBr)n2)c1. The van der Waals surface area contributed by atoms with Gasteiger partial charge in [-0.2, -0.15) is 5.10 Å². The van der Waals surface area contributed by atoms with Gasteiger partial charge >= 0.3 is 5.97 Å². The van der Waals surface area contributed by atoms with Gasteiger partial charge in [0.25, 0.3) is 0 Å². The number of hydrogen-bond donors (Lipinski definition) is 0. The number of aromatic nitrogens is 2. The monoisotopic (exact) mass is 294 g/mol. The molecular formula is C12H11BrN2O2. The summed E-state index contributed by atoms with van der Waals surface area (Å²) in [6.45, 7) is 0. The van der Waals surface area contributed by atoms with Crippen molar-refractivity contribution >= 4 is 21.9 Å². The molecule has 0 radical (unpaired) electrons. The van der Waals surface area contributed by atoms with Crippen molar-refractivity contribution in [3.05, 3.63) is 47.8 Å². The average Bonchev–Trinajstić information content (AvgIpc) is 2.86. The van der Waals surface area contributed by atoms with Gasteiger partial charge < -0.3 is 4.74 Å². The van der Waals surface area contributed by atoms with E-state index in [0.29, 0.717) is 10.9 Å². The van der Waals surface area contributed by atoms with Crippen molar-refractivity contribution in [3.63, 3.8) is 0 Å². The number of carbonyl (C=O) groups excluding carboxylic acids is 1. The van der Waals surface area contributed by atoms with E-state index in [9.17, 15) is 4.79 Å². The molecule has 0 saturated heterocycles. The highest BCUT2D eigenvalue weighted by Gasteiger charge is 2.07. The van der Waals surface area contributed by atoms with E-state index < -0.39 is 0 Å². The normalized spacial score (nSPS) is 10.2. The smallest absolute Gasteiger partial charge is 0.337 e. The molecule has 1 heterocycles. The quantitative estimate of drug-likeness (QED) is 0.645. The Hall–Kier alpha value is -1.62. The third-order valence-electron chi connectivity index (χ3n) is 2.31. The Balaban J connectivity index is 2.35. The molecule has 0 spiro atoms. The topological polar surface area (TPSA) is 44.1 Å². The number of rotatable bonds is 3. The number of halogens is 1. The molecule has 0 aliphatic heterocycles. The van der Waals surface area contributed by atoms with E-state index in [1.165, 1.54) is 7.11 Å². The molecule has 4 nitrogen and oxygen atoms in total. The summed E-state index contributed by atoms with van der Waals surface area (Å²) < 4.78 is 6.40. The fourth-order valence-electron chi connectivity index (χ4n) is 1.47. The van der Waals surface area contributed by atoms with Gasteiger partial charge in [0.05, 0.1) is 24.1 Å². The molecule has 1 aromatic heterocycles. The summed E-state index contributed by atoms with van der Waals surface area (Å²) in [5.41, 5.74) is 2.29. The molecule has 0 amide bonds. The van der Waals surface area contributed by atoms with Crippen molar-refractivity contribution in [2.24, 2.45) is 0 Å². The van der Waals surface area contributed by atoms with Crippen LogP contribution in [0.15, 0.2) is 36.5 Å². The van der Waals surface area contributed by atoms with Crippen molar-refractivity contribution in [1.82, 2.24) is 9.78 Å². The van der Waals surface area contributed by atoms with Gasteiger partial charge in [0.2, 0.25) is 0 Å². The van der Waals surface area contributed by atoms with Crippen molar-refractivity contribution in [3.8, 4) is 5.69 Å². The second kappa shape index (κ2) is 5.14. The molecule has 0 aliphatic rings. The third kappa shape index (κ3) is 2.55. The standard InChI is InChI=1S/C12H11BrN2O2/c1-17-12(16)9-3-2-4-11(7-9)15-6-5-10(8-13)14-15/h2-7H,8H2,1H3. The summed E-state index contributed by atoms with van der Waals surface area (Å²) in [5, 5.41) is 5.05.